The normalized spacial score (nSPS) is 13.9. The monoisotopic (exact) mass is 221 g/mol. The van der Waals surface area contributed by atoms with Gasteiger partial charge in [0.05, 0.1) is 6.10 Å². The number of rotatable bonds is 4. The van der Waals surface area contributed by atoms with Gasteiger partial charge in [0.2, 0.25) is 0 Å². The zero-order chi connectivity index (χ0) is 12.1. The first-order valence-corrected chi connectivity index (χ1v) is 5.07. The van der Waals surface area contributed by atoms with Crippen molar-refractivity contribution in [3.63, 3.8) is 0 Å². The summed E-state index contributed by atoms with van der Waals surface area (Å²) in [7, 11) is 0. The van der Waals surface area contributed by atoms with E-state index >= 15 is 0 Å². The van der Waals surface area contributed by atoms with Crippen LogP contribution in [0, 0.1) is 0 Å². The molecule has 2 atom stereocenters. The summed E-state index contributed by atoms with van der Waals surface area (Å²) in [5.41, 5.74) is 0.467. The number of hydrogen-bond donors (Lipinski definition) is 2. The van der Waals surface area contributed by atoms with Crippen LogP contribution in [-0.2, 0) is 4.79 Å². The fourth-order valence-electron chi connectivity index (χ4n) is 1.38. The summed E-state index contributed by atoms with van der Waals surface area (Å²) >= 11 is 0. The molecule has 4 heteroatoms. The van der Waals surface area contributed by atoms with Gasteiger partial charge in [-0.15, -0.1) is 0 Å². The van der Waals surface area contributed by atoms with Crippen LogP contribution >= 0.6 is 0 Å². The van der Waals surface area contributed by atoms with Gasteiger partial charge in [-0.05, 0) is 26.0 Å². The van der Waals surface area contributed by atoms with E-state index < -0.39 is 12.1 Å². The first-order valence-electron chi connectivity index (χ1n) is 5.07. The Balaban J connectivity index is 2.74. The molecule has 0 bridgehead atoms. The van der Waals surface area contributed by atoms with Crippen molar-refractivity contribution in [1.29, 1.82) is 0 Å². The Hall–Kier alpha value is -1.68. The Morgan fingerprint density at radius 3 is 2.25 bits per heavy atom. The predicted octanol–water partition coefficient (Wildman–Crippen LogP) is 0.755. The molecule has 86 valence electrons. The number of nitrogens with one attached hydrogen (secondary N) is 1. The second kappa shape index (κ2) is 5.42. The number of aliphatic hydroxyl groups is 1. The van der Waals surface area contributed by atoms with Crippen molar-refractivity contribution in [3.8, 4) is 0 Å². The fraction of sp³-hybridized carbons (Fsp3) is 0.333. The summed E-state index contributed by atoms with van der Waals surface area (Å²) in [6, 6.07) is 7.71. The highest BCUT2D eigenvalue weighted by Gasteiger charge is 2.22. The molecule has 0 saturated carbocycles. The number of hydrogen-bond acceptors (Lipinski definition) is 3. The van der Waals surface area contributed by atoms with Crippen molar-refractivity contribution in [2.24, 2.45) is 0 Å². The summed E-state index contributed by atoms with van der Waals surface area (Å²) in [5, 5.41) is 11.8. The molecule has 1 amide bonds. The van der Waals surface area contributed by atoms with Gasteiger partial charge in [-0.3, -0.25) is 9.59 Å². The summed E-state index contributed by atoms with van der Waals surface area (Å²) < 4.78 is 0. The third-order valence-corrected chi connectivity index (χ3v) is 2.24. The number of carbonyl (C=O) groups excluding carboxylic acids is 2. The smallest absolute Gasteiger partial charge is 0.251 e. The summed E-state index contributed by atoms with van der Waals surface area (Å²) in [6.45, 7) is 2.81. The standard InChI is InChI=1S/C12H15NO3/c1-8(14)11(9(2)15)13-12(16)10-6-4-3-5-7-10/h3-8,11,14H,1-2H3,(H,13,16)/t8-,11+/m0/s1. The quantitative estimate of drug-likeness (QED) is 0.788. The highest BCUT2D eigenvalue weighted by Crippen LogP contribution is 2.01. The van der Waals surface area contributed by atoms with Gasteiger partial charge < -0.3 is 10.4 Å². The predicted molar refractivity (Wildman–Crippen MR) is 60.1 cm³/mol. The Bertz CT molecular complexity index is 373. The first kappa shape index (κ1) is 12.4. The Morgan fingerprint density at radius 2 is 1.81 bits per heavy atom. The van der Waals surface area contributed by atoms with Crippen LogP contribution in [0.2, 0.25) is 0 Å². The molecule has 1 rings (SSSR count). The highest BCUT2D eigenvalue weighted by molar-refractivity contribution is 5.97. The number of Topliss-reactive ketones (excluding diaryl/α,β-unsaturated/α-hetero) is 1. The van der Waals surface area contributed by atoms with E-state index in [1.165, 1.54) is 13.8 Å². The van der Waals surface area contributed by atoms with Gasteiger partial charge in [-0.25, -0.2) is 0 Å². The van der Waals surface area contributed by atoms with E-state index in [9.17, 15) is 14.7 Å². The lowest BCUT2D eigenvalue weighted by atomic mass is 10.1. The van der Waals surface area contributed by atoms with Crippen LogP contribution in [0.25, 0.3) is 0 Å². The van der Waals surface area contributed by atoms with Crippen LogP contribution in [0.4, 0.5) is 0 Å². The number of benzene rings is 1. The van der Waals surface area contributed by atoms with Gasteiger partial charge in [0, 0.05) is 5.56 Å². The summed E-state index contributed by atoms with van der Waals surface area (Å²) in [5.74, 6) is -0.624. The molecule has 0 heterocycles. The molecule has 0 aliphatic rings. The molecule has 1 aromatic rings. The van der Waals surface area contributed by atoms with Crippen molar-refractivity contribution < 1.29 is 14.7 Å². The van der Waals surface area contributed by atoms with Crippen LogP contribution in [-0.4, -0.2) is 28.9 Å². The van der Waals surface area contributed by atoms with Crippen molar-refractivity contribution >= 4 is 11.7 Å². The largest absolute Gasteiger partial charge is 0.391 e. The second-order valence-corrected chi connectivity index (χ2v) is 3.67. The number of amides is 1. The fourth-order valence-corrected chi connectivity index (χ4v) is 1.38. The average molecular weight is 221 g/mol. The van der Waals surface area contributed by atoms with Crippen LogP contribution in [0.1, 0.15) is 24.2 Å². The van der Waals surface area contributed by atoms with Crippen LogP contribution in [0.5, 0.6) is 0 Å². The van der Waals surface area contributed by atoms with E-state index in [1.807, 2.05) is 0 Å². The number of aliphatic hydroxyl groups excluding tert-OH is 1. The molecule has 4 nitrogen and oxygen atoms in total. The average Bonchev–Trinajstić information content (AvgIpc) is 2.25. The maximum absolute atomic E-state index is 11.7. The molecule has 1 aromatic carbocycles. The Labute approximate surface area is 94.3 Å². The lowest BCUT2D eigenvalue weighted by molar-refractivity contribution is -0.121. The number of carbonyl (C=O) groups is 2. The van der Waals surface area contributed by atoms with Gasteiger partial charge >= 0.3 is 0 Å². The minimum atomic E-state index is -0.898. The maximum Gasteiger partial charge on any atom is 0.251 e. The van der Waals surface area contributed by atoms with Crippen LogP contribution < -0.4 is 5.32 Å². The zero-order valence-electron chi connectivity index (χ0n) is 9.31. The van der Waals surface area contributed by atoms with Gasteiger partial charge in [0.15, 0.2) is 5.78 Å². The van der Waals surface area contributed by atoms with Crippen molar-refractivity contribution in [2.75, 3.05) is 0 Å². The van der Waals surface area contributed by atoms with Crippen molar-refractivity contribution in [1.82, 2.24) is 5.32 Å². The van der Waals surface area contributed by atoms with E-state index in [2.05, 4.69) is 5.32 Å². The van der Waals surface area contributed by atoms with Gasteiger partial charge in [0.1, 0.15) is 6.04 Å². The van der Waals surface area contributed by atoms with Gasteiger partial charge in [-0.1, -0.05) is 18.2 Å². The van der Waals surface area contributed by atoms with Crippen molar-refractivity contribution in [2.45, 2.75) is 26.0 Å². The second-order valence-electron chi connectivity index (χ2n) is 3.67. The van der Waals surface area contributed by atoms with E-state index in [0.717, 1.165) is 0 Å². The van der Waals surface area contributed by atoms with Crippen LogP contribution in [0.3, 0.4) is 0 Å². The number of ketones is 1. The molecule has 0 fully saturated rings. The third-order valence-electron chi connectivity index (χ3n) is 2.24. The minimum Gasteiger partial charge on any atom is -0.391 e. The molecule has 0 aromatic heterocycles. The molecule has 0 radical (unpaired) electrons. The summed E-state index contributed by atoms with van der Waals surface area (Å²) in [6.07, 6.45) is -0.898. The SMILES string of the molecule is CC(=O)[C@H](NC(=O)c1ccccc1)[C@H](C)O. The van der Waals surface area contributed by atoms with Gasteiger partial charge in [0.25, 0.3) is 5.91 Å². The lowest BCUT2D eigenvalue weighted by Gasteiger charge is -2.18. The molecule has 0 aliphatic heterocycles. The molecular weight excluding hydrogens is 206 g/mol. The highest BCUT2D eigenvalue weighted by atomic mass is 16.3. The molecule has 0 aliphatic carbocycles. The minimum absolute atomic E-state index is 0.265. The van der Waals surface area contributed by atoms with E-state index in [-0.39, 0.29) is 11.7 Å². The molecule has 0 unspecified atom stereocenters. The van der Waals surface area contributed by atoms with Crippen LogP contribution in [0.15, 0.2) is 30.3 Å². The van der Waals surface area contributed by atoms with Gasteiger partial charge in [-0.2, -0.15) is 0 Å². The molecule has 0 saturated heterocycles. The van der Waals surface area contributed by atoms with E-state index in [0.29, 0.717) is 5.56 Å². The lowest BCUT2D eigenvalue weighted by Crippen LogP contribution is -2.46. The summed E-state index contributed by atoms with van der Waals surface area (Å²) in [4.78, 5) is 22.9. The molecule has 0 spiro atoms. The molecule has 16 heavy (non-hydrogen) atoms. The van der Waals surface area contributed by atoms with E-state index in [1.54, 1.807) is 30.3 Å². The maximum atomic E-state index is 11.7. The Morgan fingerprint density at radius 1 is 1.25 bits per heavy atom. The Kier molecular flexibility index (Phi) is 4.19. The third kappa shape index (κ3) is 3.17. The topological polar surface area (TPSA) is 66.4 Å². The first-order chi connectivity index (χ1) is 7.52. The molecule has 2 N–H and O–H groups in total. The molecular formula is C12H15NO3. The zero-order valence-corrected chi connectivity index (χ0v) is 9.31. The van der Waals surface area contributed by atoms with Crippen molar-refractivity contribution in [3.05, 3.63) is 35.9 Å². The van der Waals surface area contributed by atoms with E-state index in [4.69, 9.17) is 0 Å².